The molecule has 0 bridgehead atoms. The van der Waals surface area contributed by atoms with E-state index in [2.05, 4.69) is 21.2 Å². The van der Waals surface area contributed by atoms with Gasteiger partial charge in [0.2, 0.25) is 0 Å². The SMILES string of the molecule is Cc1ccc(C(=O)Nc2cc(C)ccc2F)c(Br)c1. The molecule has 1 amide bonds. The van der Waals surface area contributed by atoms with Crippen LogP contribution in [0.15, 0.2) is 40.9 Å². The minimum atomic E-state index is -0.442. The molecule has 98 valence electrons. The van der Waals surface area contributed by atoms with Crippen LogP contribution in [0, 0.1) is 19.7 Å². The smallest absolute Gasteiger partial charge is 0.256 e. The maximum atomic E-state index is 13.6. The van der Waals surface area contributed by atoms with Crippen molar-refractivity contribution in [3.63, 3.8) is 0 Å². The number of halogens is 2. The quantitative estimate of drug-likeness (QED) is 0.869. The number of amides is 1. The second kappa shape index (κ2) is 5.53. The normalized spacial score (nSPS) is 10.3. The van der Waals surface area contributed by atoms with Crippen LogP contribution in [0.1, 0.15) is 21.5 Å². The Morgan fingerprint density at radius 3 is 2.42 bits per heavy atom. The van der Waals surface area contributed by atoms with Gasteiger partial charge in [0.25, 0.3) is 5.91 Å². The zero-order valence-corrected chi connectivity index (χ0v) is 12.2. The van der Waals surface area contributed by atoms with Crippen LogP contribution in [0.4, 0.5) is 10.1 Å². The zero-order chi connectivity index (χ0) is 14.0. The summed E-state index contributed by atoms with van der Waals surface area (Å²) < 4.78 is 14.3. The predicted octanol–water partition coefficient (Wildman–Crippen LogP) is 4.46. The standard InChI is InChI=1S/C15H13BrFNO/c1-9-3-5-11(12(16)7-9)15(19)18-14-8-10(2)4-6-13(14)17/h3-8H,1-2H3,(H,18,19). The molecule has 0 saturated heterocycles. The number of nitrogens with one attached hydrogen (secondary N) is 1. The van der Waals surface area contributed by atoms with Gasteiger partial charge in [-0.05, 0) is 65.2 Å². The van der Waals surface area contributed by atoms with Crippen LogP contribution < -0.4 is 5.32 Å². The molecule has 0 heterocycles. The molecule has 2 aromatic rings. The number of aryl methyl sites for hydroxylation is 2. The minimum Gasteiger partial charge on any atom is -0.319 e. The van der Waals surface area contributed by atoms with Gasteiger partial charge in [0.1, 0.15) is 5.82 Å². The average molecular weight is 322 g/mol. The lowest BCUT2D eigenvalue weighted by atomic mass is 10.1. The van der Waals surface area contributed by atoms with E-state index >= 15 is 0 Å². The van der Waals surface area contributed by atoms with Gasteiger partial charge >= 0.3 is 0 Å². The van der Waals surface area contributed by atoms with Crippen LogP contribution in [-0.2, 0) is 0 Å². The van der Waals surface area contributed by atoms with Crippen LogP contribution in [0.3, 0.4) is 0 Å². The summed E-state index contributed by atoms with van der Waals surface area (Å²) >= 11 is 3.34. The molecule has 0 aliphatic rings. The van der Waals surface area contributed by atoms with E-state index in [9.17, 15) is 9.18 Å². The van der Waals surface area contributed by atoms with Gasteiger partial charge in [-0.25, -0.2) is 4.39 Å². The van der Waals surface area contributed by atoms with Crippen molar-refractivity contribution in [3.8, 4) is 0 Å². The van der Waals surface area contributed by atoms with Crippen molar-refractivity contribution in [2.24, 2.45) is 0 Å². The lowest BCUT2D eigenvalue weighted by molar-refractivity contribution is 0.102. The predicted molar refractivity (Wildman–Crippen MR) is 78.0 cm³/mol. The van der Waals surface area contributed by atoms with Gasteiger partial charge in [-0.3, -0.25) is 4.79 Å². The van der Waals surface area contributed by atoms with Crippen LogP contribution in [0.25, 0.3) is 0 Å². The third-order valence-corrected chi connectivity index (χ3v) is 3.40. The summed E-state index contributed by atoms with van der Waals surface area (Å²) in [6, 6.07) is 10.0. The molecule has 0 radical (unpaired) electrons. The number of carbonyl (C=O) groups is 1. The van der Waals surface area contributed by atoms with Crippen LogP contribution in [-0.4, -0.2) is 5.91 Å². The molecule has 0 fully saturated rings. The molecule has 2 rings (SSSR count). The van der Waals surface area contributed by atoms with Gasteiger partial charge in [0, 0.05) is 4.47 Å². The molecule has 0 aromatic heterocycles. The van der Waals surface area contributed by atoms with Gasteiger partial charge in [-0.2, -0.15) is 0 Å². The summed E-state index contributed by atoms with van der Waals surface area (Å²) in [6.07, 6.45) is 0. The van der Waals surface area contributed by atoms with Gasteiger partial charge < -0.3 is 5.32 Å². The molecule has 19 heavy (non-hydrogen) atoms. The van der Waals surface area contributed by atoms with Crippen LogP contribution >= 0.6 is 15.9 Å². The summed E-state index contributed by atoms with van der Waals surface area (Å²) in [7, 11) is 0. The molecule has 0 atom stereocenters. The third-order valence-electron chi connectivity index (χ3n) is 2.74. The fraction of sp³-hybridized carbons (Fsp3) is 0.133. The van der Waals surface area contributed by atoms with E-state index in [4.69, 9.17) is 0 Å². The van der Waals surface area contributed by atoms with E-state index in [-0.39, 0.29) is 11.6 Å². The molecular weight excluding hydrogens is 309 g/mol. The molecule has 0 aliphatic heterocycles. The topological polar surface area (TPSA) is 29.1 Å². The zero-order valence-electron chi connectivity index (χ0n) is 10.6. The highest BCUT2D eigenvalue weighted by Gasteiger charge is 2.12. The number of rotatable bonds is 2. The van der Waals surface area contributed by atoms with E-state index in [1.807, 2.05) is 26.0 Å². The summed E-state index contributed by atoms with van der Waals surface area (Å²) in [6.45, 7) is 3.78. The molecular formula is C15H13BrFNO. The van der Waals surface area contributed by atoms with Gasteiger partial charge in [-0.1, -0.05) is 12.1 Å². The highest BCUT2D eigenvalue weighted by molar-refractivity contribution is 9.10. The van der Waals surface area contributed by atoms with E-state index in [0.29, 0.717) is 10.0 Å². The van der Waals surface area contributed by atoms with Crippen LogP contribution in [0.5, 0.6) is 0 Å². The molecule has 0 unspecified atom stereocenters. The Morgan fingerprint density at radius 2 is 1.74 bits per heavy atom. The highest BCUT2D eigenvalue weighted by Crippen LogP contribution is 2.21. The van der Waals surface area contributed by atoms with Crippen molar-refractivity contribution in [2.45, 2.75) is 13.8 Å². The van der Waals surface area contributed by atoms with E-state index in [1.54, 1.807) is 18.2 Å². The first kappa shape index (κ1) is 13.7. The maximum absolute atomic E-state index is 13.6. The second-order valence-electron chi connectivity index (χ2n) is 4.42. The monoisotopic (exact) mass is 321 g/mol. The van der Waals surface area contributed by atoms with E-state index in [1.165, 1.54) is 6.07 Å². The van der Waals surface area contributed by atoms with E-state index < -0.39 is 5.82 Å². The lowest BCUT2D eigenvalue weighted by Gasteiger charge is -2.09. The minimum absolute atomic E-state index is 0.192. The molecule has 0 saturated carbocycles. The summed E-state index contributed by atoms with van der Waals surface area (Å²) in [5.74, 6) is -0.779. The Morgan fingerprint density at radius 1 is 1.11 bits per heavy atom. The Hall–Kier alpha value is -1.68. The van der Waals surface area contributed by atoms with Crippen molar-refractivity contribution in [2.75, 3.05) is 5.32 Å². The third kappa shape index (κ3) is 3.20. The Kier molecular flexibility index (Phi) is 4.00. The first-order chi connectivity index (χ1) is 8.97. The Labute approximate surface area is 119 Å². The summed E-state index contributed by atoms with van der Waals surface area (Å²) in [5, 5.41) is 2.58. The summed E-state index contributed by atoms with van der Waals surface area (Å²) in [4.78, 5) is 12.1. The summed E-state index contributed by atoms with van der Waals surface area (Å²) in [5.41, 5.74) is 2.61. The Bertz CT molecular complexity index is 640. The fourth-order valence-electron chi connectivity index (χ4n) is 1.73. The molecule has 2 nitrogen and oxygen atoms in total. The fourth-order valence-corrected chi connectivity index (χ4v) is 2.40. The molecule has 2 aromatic carbocycles. The average Bonchev–Trinajstić information content (AvgIpc) is 2.33. The van der Waals surface area contributed by atoms with E-state index in [0.717, 1.165) is 11.1 Å². The number of hydrogen-bond acceptors (Lipinski definition) is 1. The van der Waals surface area contributed by atoms with Crippen molar-refractivity contribution >= 4 is 27.5 Å². The van der Waals surface area contributed by atoms with Crippen molar-refractivity contribution in [1.82, 2.24) is 0 Å². The second-order valence-corrected chi connectivity index (χ2v) is 5.28. The van der Waals surface area contributed by atoms with Crippen molar-refractivity contribution in [3.05, 3.63) is 63.4 Å². The first-order valence-electron chi connectivity index (χ1n) is 5.81. The van der Waals surface area contributed by atoms with Crippen molar-refractivity contribution < 1.29 is 9.18 Å². The molecule has 0 spiro atoms. The molecule has 4 heteroatoms. The van der Waals surface area contributed by atoms with Crippen LogP contribution in [0.2, 0.25) is 0 Å². The van der Waals surface area contributed by atoms with Crippen molar-refractivity contribution in [1.29, 1.82) is 0 Å². The lowest BCUT2D eigenvalue weighted by Crippen LogP contribution is -2.13. The maximum Gasteiger partial charge on any atom is 0.256 e. The Balaban J connectivity index is 2.28. The number of anilines is 1. The van der Waals surface area contributed by atoms with Gasteiger partial charge in [-0.15, -0.1) is 0 Å². The number of benzene rings is 2. The van der Waals surface area contributed by atoms with Gasteiger partial charge in [0.15, 0.2) is 0 Å². The molecule has 0 aliphatic carbocycles. The molecule has 1 N–H and O–H groups in total. The number of carbonyl (C=O) groups excluding carboxylic acids is 1. The first-order valence-corrected chi connectivity index (χ1v) is 6.60. The number of hydrogen-bond donors (Lipinski definition) is 1. The van der Waals surface area contributed by atoms with Gasteiger partial charge in [0.05, 0.1) is 11.3 Å². The largest absolute Gasteiger partial charge is 0.319 e. The highest BCUT2D eigenvalue weighted by atomic mass is 79.9.